The summed E-state index contributed by atoms with van der Waals surface area (Å²) in [5.74, 6) is 0.859. The molecule has 0 saturated carbocycles. The smallest absolute Gasteiger partial charge is 0.226 e. The molecule has 2 heterocycles. The number of nitrogens with zero attached hydrogens (tertiary/aromatic N) is 2. The van der Waals surface area contributed by atoms with E-state index in [0.29, 0.717) is 11.9 Å². The molecular formula is C20H30N2O2. The Morgan fingerprint density at radius 3 is 2.38 bits per heavy atom. The molecule has 2 saturated heterocycles. The number of Topliss-reactive ketones (excluding diaryl/α,β-unsaturated/α-hetero) is 1. The number of rotatable bonds is 3. The highest BCUT2D eigenvalue weighted by Crippen LogP contribution is 2.30. The first kappa shape index (κ1) is 17.4. The van der Waals surface area contributed by atoms with Gasteiger partial charge in [-0.25, -0.2) is 0 Å². The van der Waals surface area contributed by atoms with Crippen LogP contribution in [0.15, 0.2) is 23.8 Å². The van der Waals surface area contributed by atoms with Gasteiger partial charge in [-0.2, -0.15) is 0 Å². The average molecular weight is 330 g/mol. The Morgan fingerprint density at radius 1 is 1.04 bits per heavy atom. The molecule has 0 aromatic heterocycles. The van der Waals surface area contributed by atoms with Crippen molar-refractivity contribution in [2.75, 3.05) is 26.7 Å². The number of allylic oxidation sites excluding steroid dienone is 2. The summed E-state index contributed by atoms with van der Waals surface area (Å²) in [7, 11) is 2.15. The van der Waals surface area contributed by atoms with E-state index in [9.17, 15) is 9.59 Å². The first-order valence-electron chi connectivity index (χ1n) is 9.42. The molecule has 0 spiro atoms. The van der Waals surface area contributed by atoms with Crippen LogP contribution in [0.4, 0.5) is 0 Å². The zero-order chi connectivity index (χ0) is 17.1. The number of amides is 1. The van der Waals surface area contributed by atoms with E-state index >= 15 is 0 Å². The lowest BCUT2D eigenvalue weighted by atomic mass is 9.86. The zero-order valence-corrected chi connectivity index (χ0v) is 15.0. The molecule has 1 aliphatic carbocycles. The van der Waals surface area contributed by atoms with Gasteiger partial charge in [-0.1, -0.05) is 18.2 Å². The number of carbonyl (C=O) groups is 2. The molecule has 3 rings (SSSR count). The van der Waals surface area contributed by atoms with E-state index < -0.39 is 0 Å². The van der Waals surface area contributed by atoms with Crippen LogP contribution >= 0.6 is 0 Å². The van der Waals surface area contributed by atoms with Crippen molar-refractivity contribution in [3.05, 3.63) is 23.8 Å². The standard InChI is InChI=1S/C20H30N2O2/c1-15(23)16-10-12-22(13-11-16)20(24)18-8-9-19(21(2)14-18)17-6-4-3-5-7-17/h4,6-7,16,18-19H,3,5,8-14H2,1-2H3. The van der Waals surface area contributed by atoms with Crippen LogP contribution in [0, 0.1) is 11.8 Å². The molecule has 4 heteroatoms. The summed E-state index contributed by atoms with van der Waals surface area (Å²) in [6, 6.07) is 0.467. The Bertz CT molecular complexity index is 544. The van der Waals surface area contributed by atoms with E-state index in [4.69, 9.17) is 0 Å². The van der Waals surface area contributed by atoms with Crippen LogP contribution in [0.2, 0.25) is 0 Å². The highest BCUT2D eigenvalue weighted by atomic mass is 16.2. The summed E-state index contributed by atoms with van der Waals surface area (Å²) in [6.45, 7) is 4.02. The third kappa shape index (κ3) is 3.80. The van der Waals surface area contributed by atoms with Crippen LogP contribution in [-0.4, -0.2) is 54.2 Å². The van der Waals surface area contributed by atoms with E-state index in [2.05, 4.69) is 30.2 Å². The molecule has 132 valence electrons. The maximum atomic E-state index is 12.8. The lowest BCUT2D eigenvalue weighted by molar-refractivity contribution is -0.140. The molecule has 1 amide bonds. The summed E-state index contributed by atoms with van der Waals surface area (Å²) < 4.78 is 0. The molecule has 0 bridgehead atoms. The van der Waals surface area contributed by atoms with E-state index in [1.807, 2.05) is 4.90 Å². The third-order valence-corrected chi connectivity index (χ3v) is 5.97. The van der Waals surface area contributed by atoms with Crippen molar-refractivity contribution in [2.45, 2.75) is 51.5 Å². The lowest BCUT2D eigenvalue weighted by Crippen LogP contribution is -2.49. The fraction of sp³-hybridized carbons (Fsp3) is 0.700. The summed E-state index contributed by atoms with van der Waals surface area (Å²) in [6.07, 6.45) is 12.9. The first-order chi connectivity index (χ1) is 11.6. The fourth-order valence-corrected chi connectivity index (χ4v) is 4.41. The van der Waals surface area contributed by atoms with Gasteiger partial charge < -0.3 is 4.90 Å². The van der Waals surface area contributed by atoms with Crippen LogP contribution in [0.3, 0.4) is 0 Å². The predicted octanol–water partition coefficient (Wildman–Crippen LogP) is 2.80. The van der Waals surface area contributed by atoms with E-state index in [1.54, 1.807) is 6.92 Å². The molecule has 24 heavy (non-hydrogen) atoms. The summed E-state index contributed by atoms with van der Waals surface area (Å²) in [4.78, 5) is 28.7. The van der Waals surface area contributed by atoms with E-state index in [0.717, 1.165) is 58.2 Å². The minimum Gasteiger partial charge on any atom is -0.342 e. The number of hydrogen-bond donors (Lipinski definition) is 0. The number of piperidine rings is 2. The maximum absolute atomic E-state index is 12.8. The Labute approximate surface area is 145 Å². The van der Waals surface area contributed by atoms with Crippen molar-refractivity contribution in [2.24, 2.45) is 11.8 Å². The molecule has 2 fully saturated rings. The normalized spacial score (nSPS) is 29.4. The molecule has 0 aromatic carbocycles. The molecule has 0 N–H and O–H groups in total. The third-order valence-electron chi connectivity index (χ3n) is 5.97. The molecule has 4 nitrogen and oxygen atoms in total. The monoisotopic (exact) mass is 330 g/mol. The zero-order valence-electron chi connectivity index (χ0n) is 15.0. The van der Waals surface area contributed by atoms with Gasteiger partial charge in [0, 0.05) is 31.6 Å². The van der Waals surface area contributed by atoms with E-state index in [1.165, 1.54) is 5.57 Å². The van der Waals surface area contributed by atoms with Gasteiger partial charge in [-0.3, -0.25) is 14.5 Å². The Hall–Kier alpha value is -1.42. The Kier molecular flexibility index (Phi) is 5.54. The van der Waals surface area contributed by atoms with Crippen LogP contribution in [0.5, 0.6) is 0 Å². The van der Waals surface area contributed by atoms with Crippen LogP contribution in [-0.2, 0) is 9.59 Å². The van der Waals surface area contributed by atoms with Crippen molar-refractivity contribution in [3.63, 3.8) is 0 Å². The summed E-state index contributed by atoms with van der Waals surface area (Å²) in [5, 5.41) is 0. The second kappa shape index (κ2) is 7.64. The largest absolute Gasteiger partial charge is 0.342 e. The molecular weight excluding hydrogens is 300 g/mol. The number of carbonyl (C=O) groups excluding carboxylic acids is 2. The van der Waals surface area contributed by atoms with Gasteiger partial charge >= 0.3 is 0 Å². The minimum absolute atomic E-state index is 0.119. The molecule has 0 radical (unpaired) electrons. The SMILES string of the molecule is CC(=O)C1CCN(C(=O)C2CCC(C3=CCCC=C3)N(C)C2)CC1. The van der Waals surface area contributed by atoms with Gasteiger partial charge in [-0.05, 0) is 58.1 Å². The van der Waals surface area contributed by atoms with Crippen LogP contribution in [0.25, 0.3) is 0 Å². The van der Waals surface area contributed by atoms with Gasteiger partial charge in [-0.15, -0.1) is 0 Å². The Morgan fingerprint density at radius 2 is 1.79 bits per heavy atom. The summed E-state index contributed by atoms with van der Waals surface area (Å²) >= 11 is 0. The van der Waals surface area contributed by atoms with Crippen LogP contribution < -0.4 is 0 Å². The first-order valence-corrected chi connectivity index (χ1v) is 9.42. The van der Waals surface area contributed by atoms with Gasteiger partial charge in [0.1, 0.15) is 5.78 Å². The lowest BCUT2D eigenvalue weighted by Gasteiger charge is -2.40. The summed E-state index contributed by atoms with van der Waals surface area (Å²) in [5.41, 5.74) is 1.43. The molecule has 2 unspecified atom stereocenters. The van der Waals surface area contributed by atoms with Crippen molar-refractivity contribution < 1.29 is 9.59 Å². The average Bonchev–Trinajstić information content (AvgIpc) is 2.62. The fourth-order valence-electron chi connectivity index (χ4n) is 4.41. The maximum Gasteiger partial charge on any atom is 0.226 e. The van der Waals surface area contributed by atoms with Crippen molar-refractivity contribution in [1.29, 1.82) is 0 Å². The number of hydrogen-bond acceptors (Lipinski definition) is 3. The molecule has 0 aromatic rings. The minimum atomic E-state index is 0.119. The van der Waals surface area contributed by atoms with Crippen LogP contribution in [0.1, 0.15) is 45.4 Å². The van der Waals surface area contributed by atoms with Gasteiger partial charge in [0.15, 0.2) is 0 Å². The number of likely N-dealkylation sites (N-methyl/N-ethyl adjacent to an activating group) is 1. The van der Waals surface area contributed by atoms with Gasteiger partial charge in [0.05, 0.1) is 5.92 Å². The second-order valence-corrected chi connectivity index (χ2v) is 7.62. The van der Waals surface area contributed by atoms with Crippen molar-refractivity contribution >= 4 is 11.7 Å². The van der Waals surface area contributed by atoms with Gasteiger partial charge in [0.25, 0.3) is 0 Å². The molecule has 3 aliphatic rings. The predicted molar refractivity (Wildman–Crippen MR) is 95.6 cm³/mol. The highest BCUT2D eigenvalue weighted by Gasteiger charge is 2.35. The van der Waals surface area contributed by atoms with Gasteiger partial charge in [0.2, 0.25) is 5.91 Å². The Balaban J connectivity index is 1.54. The van der Waals surface area contributed by atoms with Crippen molar-refractivity contribution in [3.8, 4) is 0 Å². The topological polar surface area (TPSA) is 40.6 Å². The second-order valence-electron chi connectivity index (χ2n) is 7.62. The van der Waals surface area contributed by atoms with Crippen molar-refractivity contribution in [1.82, 2.24) is 9.80 Å². The van der Waals surface area contributed by atoms with E-state index in [-0.39, 0.29) is 17.6 Å². The number of likely N-dealkylation sites (tertiary alicyclic amines) is 2. The molecule has 2 aliphatic heterocycles. The highest BCUT2D eigenvalue weighted by molar-refractivity contribution is 5.81. The molecule has 2 atom stereocenters. The number of ketones is 1. The quantitative estimate of drug-likeness (QED) is 0.799.